The van der Waals surface area contributed by atoms with E-state index in [0.29, 0.717) is 5.69 Å². The molecule has 3 heteroatoms. The number of anilines is 1. The number of halogens is 2. The topological polar surface area (TPSA) is 26.0 Å². The Bertz CT molecular complexity index is 236. The Kier molecular flexibility index (Phi) is 5.00. The average molecular weight is 173 g/mol. The second-order valence-corrected chi connectivity index (χ2v) is 1.98. The molecule has 68 valence electrons. The maximum Gasteiger partial charge on any atom is 0.131 e. The fourth-order valence-corrected chi connectivity index (χ4v) is 0.672. The van der Waals surface area contributed by atoms with Crippen LogP contribution >= 0.6 is 0 Å². The Hall–Kier alpha value is -1.12. The van der Waals surface area contributed by atoms with E-state index in [1.54, 1.807) is 0 Å². The van der Waals surface area contributed by atoms with E-state index in [4.69, 9.17) is 5.73 Å². The van der Waals surface area contributed by atoms with Crippen LogP contribution in [0.25, 0.3) is 0 Å². The number of benzene rings is 1. The maximum absolute atomic E-state index is 12.5. The van der Waals surface area contributed by atoms with Gasteiger partial charge in [0.1, 0.15) is 12.5 Å². The molecule has 0 fully saturated rings. The van der Waals surface area contributed by atoms with Crippen molar-refractivity contribution in [2.75, 3.05) is 5.73 Å². The zero-order valence-electron chi connectivity index (χ0n) is 7.27. The van der Waals surface area contributed by atoms with Gasteiger partial charge < -0.3 is 5.73 Å². The summed E-state index contributed by atoms with van der Waals surface area (Å²) < 4.78 is 24.4. The molecule has 0 aliphatic heterocycles. The molecule has 1 nitrogen and oxygen atoms in total. The lowest BCUT2D eigenvalue weighted by Crippen LogP contribution is -1.90. The Morgan fingerprint density at radius 3 is 2.33 bits per heavy atom. The molecule has 0 atom stereocenters. The van der Waals surface area contributed by atoms with E-state index in [1.165, 1.54) is 12.1 Å². The predicted octanol–water partition coefficient (Wildman–Crippen LogP) is 2.90. The third kappa shape index (κ3) is 2.86. The zero-order chi connectivity index (χ0) is 9.56. The van der Waals surface area contributed by atoms with E-state index in [2.05, 4.69) is 0 Å². The van der Waals surface area contributed by atoms with Gasteiger partial charge in [-0.1, -0.05) is 19.9 Å². The Labute approximate surface area is 71.2 Å². The zero-order valence-corrected chi connectivity index (χ0v) is 7.27. The smallest absolute Gasteiger partial charge is 0.131 e. The molecule has 0 radical (unpaired) electrons. The summed E-state index contributed by atoms with van der Waals surface area (Å²) in [5, 5.41) is 0. The van der Waals surface area contributed by atoms with Gasteiger partial charge in [-0.15, -0.1) is 0 Å². The van der Waals surface area contributed by atoms with Gasteiger partial charge >= 0.3 is 0 Å². The van der Waals surface area contributed by atoms with Crippen molar-refractivity contribution >= 4 is 5.69 Å². The Balaban J connectivity index is 0.000000561. The van der Waals surface area contributed by atoms with Crippen molar-refractivity contribution in [1.82, 2.24) is 0 Å². The van der Waals surface area contributed by atoms with Gasteiger partial charge in [0.05, 0.1) is 0 Å². The third-order valence-electron chi connectivity index (χ3n) is 1.22. The molecular weight excluding hydrogens is 160 g/mol. The first-order valence-corrected chi connectivity index (χ1v) is 3.84. The van der Waals surface area contributed by atoms with E-state index in [0.717, 1.165) is 6.07 Å². The molecular formula is C9H13F2N. The number of hydrogen-bond acceptors (Lipinski definition) is 1. The number of hydrogen-bond donors (Lipinski definition) is 1. The van der Waals surface area contributed by atoms with Crippen LogP contribution in [-0.2, 0) is 6.67 Å². The van der Waals surface area contributed by atoms with E-state index < -0.39 is 12.5 Å². The minimum Gasteiger partial charge on any atom is -0.399 e. The van der Waals surface area contributed by atoms with Crippen molar-refractivity contribution in [1.29, 1.82) is 0 Å². The summed E-state index contributed by atoms with van der Waals surface area (Å²) in [5.41, 5.74) is 5.58. The molecule has 0 heterocycles. The fourth-order valence-electron chi connectivity index (χ4n) is 0.672. The first-order chi connectivity index (χ1) is 5.74. The molecule has 0 unspecified atom stereocenters. The molecule has 1 rings (SSSR count). The minimum atomic E-state index is -0.786. The summed E-state index contributed by atoms with van der Waals surface area (Å²) in [7, 11) is 0. The van der Waals surface area contributed by atoms with Crippen LogP contribution in [0.4, 0.5) is 14.5 Å². The lowest BCUT2D eigenvalue weighted by Gasteiger charge is -1.97. The summed E-state index contributed by atoms with van der Waals surface area (Å²) >= 11 is 0. The van der Waals surface area contributed by atoms with Crippen molar-refractivity contribution in [3.8, 4) is 0 Å². The molecule has 0 aromatic heterocycles. The highest BCUT2D eigenvalue weighted by molar-refractivity contribution is 5.40. The molecule has 1 aromatic carbocycles. The average Bonchev–Trinajstić information content (AvgIpc) is 2.08. The summed E-state index contributed by atoms with van der Waals surface area (Å²) in [6, 6.07) is 3.91. The van der Waals surface area contributed by atoms with Gasteiger partial charge in [-0.05, 0) is 12.1 Å². The van der Waals surface area contributed by atoms with Crippen LogP contribution in [0.15, 0.2) is 18.2 Å². The Morgan fingerprint density at radius 2 is 1.92 bits per heavy atom. The van der Waals surface area contributed by atoms with Crippen LogP contribution in [0.5, 0.6) is 0 Å². The van der Waals surface area contributed by atoms with E-state index in [9.17, 15) is 8.78 Å². The molecule has 0 amide bonds. The van der Waals surface area contributed by atoms with Crippen molar-refractivity contribution in [2.24, 2.45) is 0 Å². The number of alkyl halides is 1. The Morgan fingerprint density at radius 1 is 1.33 bits per heavy atom. The largest absolute Gasteiger partial charge is 0.399 e. The highest BCUT2D eigenvalue weighted by Crippen LogP contribution is 2.12. The first-order valence-electron chi connectivity index (χ1n) is 3.84. The second kappa shape index (κ2) is 5.52. The summed E-state index contributed by atoms with van der Waals surface area (Å²) in [5.74, 6) is -0.581. The molecule has 0 aliphatic carbocycles. The first kappa shape index (κ1) is 10.9. The van der Waals surface area contributed by atoms with Gasteiger partial charge in [-0.3, -0.25) is 0 Å². The molecule has 1 aromatic rings. The molecule has 0 spiro atoms. The highest BCUT2D eigenvalue weighted by Gasteiger charge is 1.99. The summed E-state index contributed by atoms with van der Waals surface area (Å²) in [6.07, 6.45) is 0. The molecule has 2 N–H and O–H groups in total. The minimum absolute atomic E-state index is 0.0502. The van der Waals surface area contributed by atoms with Crippen molar-refractivity contribution in [3.63, 3.8) is 0 Å². The monoisotopic (exact) mass is 173 g/mol. The lowest BCUT2D eigenvalue weighted by molar-refractivity contribution is 0.464. The van der Waals surface area contributed by atoms with E-state index >= 15 is 0 Å². The van der Waals surface area contributed by atoms with E-state index in [-0.39, 0.29) is 5.56 Å². The van der Waals surface area contributed by atoms with Crippen LogP contribution < -0.4 is 5.73 Å². The van der Waals surface area contributed by atoms with Gasteiger partial charge in [-0.2, -0.15) is 0 Å². The molecule has 0 saturated heterocycles. The van der Waals surface area contributed by atoms with Gasteiger partial charge in [0.25, 0.3) is 0 Å². The molecule has 0 aliphatic rings. The lowest BCUT2D eigenvalue weighted by atomic mass is 10.2. The van der Waals surface area contributed by atoms with Crippen LogP contribution in [0.3, 0.4) is 0 Å². The second-order valence-electron chi connectivity index (χ2n) is 1.98. The van der Waals surface area contributed by atoms with Crippen LogP contribution in [-0.4, -0.2) is 0 Å². The van der Waals surface area contributed by atoms with Crippen molar-refractivity contribution in [3.05, 3.63) is 29.6 Å². The van der Waals surface area contributed by atoms with Crippen LogP contribution in [0.2, 0.25) is 0 Å². The number of nitrogens with two attached hydrogens (primary N) is 1. The van der Waals surface area contributed by atoms with Gasteiger partial charge in [0.15, 0.2) is 0 Å². The van der Waals surface area contributed by atoms with Crippen LogP contribution in [0.1, 0.15) is 19.4 Å². The SMILES string of the molecule is CC.Nc1ccc(CF)c(F)c1. The molecule has 0 bridgehead atoms. The number of rotatable bonds is 1. The molecule has 0 saturated carbocycles. The quantitative estimate of drug-likeness (QED) is 0.649. The highest BCUT2D eigenvalue weighted by atomic mass is 19.1. The number of nitrogen functional groups attached to an aromatic ring is 1. The van der Waals surface area contributed by atoms with Gasteiger partial charge in [0.2, 0.25) is 0 Å². The molecule has 12 heavy (non-hydrogen) atoms. The van der Waals surface area contributed by atoms with Crippen molar-refractivity contribution in [2.45, 2.75) is 20.5 Å². The normalized spacial score (nSPS) is 8.67. The van der Waals surface area contributed by atoms with Crippen molar-refractivity contribution < 1.29 is 8.78 Å². The maximum atomic E-state index is 12.5. The summed E-state index contributed by atoms with van der Waals surface area (Å²) in [6.45, 7) is 3.21. The van der Waals surface area contributed by atoms with Gasteiger partial charge in [0, 0.05) is 11.3 Å². The fraction of sp³-hybridized carbons (Fsp3) is 0.333. The summed E-state index contributed by atoms with van der Waals surface area (Å²) in [4.78, 5) is 0. The van der Waals surface area contributed by atoms with Crippen LogP contribution in [0, 0.1) is 5.82 Å². The van der Waals surface area contributed by atoms with E-state index in [1.807, 2.05) is 13.8 Å². The standard InChI is InChI=1S/C7H7F2N.C2H6/c8-4-5-1-2-6(10)3-7(5)9;1-2/h1-3H,4,10H2;1-2H3. The third-order valence-corrected chi connectivity index (χ3v) is 1.22. The predicted molar refractivity (Wildman–Crippen MR) is 47.0 cm³/mol. The van der Waals surface area contributed by atoms with Gasteiger partial charge in [-0.25, -0.2) is 8.78 Å².